The van der Waals surface area contributed by atoms with Crippen LogP contribution in [0.2, 0.25) is 0 Å². The average Bonchev–Trinajstić information content (AvgIpc) is 3.09. The van der Waals surface area contributed by atoms with Gasteiger partial charge in [-0.05, 0) is 57.7 Å². The quantitative estimate of drug-likeness (QED) is 0.596. The van der Waals surface area contributed by atoms with Gasteiger partial charge in [0.2, 0.25) is 11.1 Å². The van der Waals surface area contributed by atoms with Crippen molar-refractivity contribution in [2.75, 3.05) is 5.75 Å². The highest BCUT2D eigenvalue weighted by Crippen LogP contribution is 2.22. The predicted octanol–water partition coefficient (Wildman–Crippen LogP) is 3.96. The van der Waals surface area contributed by atoms with Gasteiger partial charge < -0.3 is 5.32 Å². The fraction of sp³-hybridized carbons (Fsp3) is 0.455. The summed E-state index contributed by atoms with van der Waals surface area (Å²) >= 11 is 1.34. The Morgan fingerprint density at radius 1 is 1.21 bits per heavy atom. The van der Waals surface area contributed by atoms with Crippen LogP contribution in [0.15, 0.2) is 23.4 Å². The number of rotatable bonds is 7. The molecule has 6 nitrogen and oxygen atoms in total. The van der Waals surface area contributed by atoms with Crippen molar-refractivity contribution in [1.29, 1.82) is 0 Å². The lowest BCUT2D eigenvalue weighted by Gasteiger charge is -2.12. The molecule has 1 atom stereocenters. The number of nitrogens with zero attached hydrogens (tertiary/aromatic N) is 4. The minimum atomic E-state index is -0.000297. The highest BCUT2D eigenvalue weighted by Gasteiger charge is 2.16. The minimum absolute atomic E-state index is 0.000297. The van der Waals surface area contributed by atoms with Crippen LogP contribution < -0.4 is 5.32 Å². The molecule has 29 heavy (non-hydrogen) atoms. The van der Waals surface area contributed by atoms with Crippen molar-refractivity contribution < 1.29 is 4.79 Å². The summed E-state index contributed by atoms with van der Waals surface area (Å²) in [5, 5.41) is 8.13. The Hall–Kier alpha value is -2.41. The van der Waals surface area contributed by atoms with Crippen LogP contribution in [0.1, 0.15) is 53.9 Å². The molecule has 1 N–H and O–H groups in total. The number of benzene rings is 1. The van der Waals surface area contributed by atoms with Gasteiger partial charge in [0.1, 0.15) is 0 Å². The molecule has 0 radical (unpaired) electrons. The summed E-state index contributed by atoms with van der Waals surface area (Å²) < 4.78 is 1.79. The van der Waals surface area contributed by atoms with E-state index in [9.17, 15) is 4.79 Å². The predicted molar refractivity (Wildman–Crippen MR) is 118 cm³/mol. The van der Waals surface area contributed by atoms with E-state index in [-0.39, 0.29) is 11.9 Å². The second-order valence-electron chi connectivity index (χ2n) is 7.64. The number of thioether (sulfide) groups is 1. The molecule has 0 aliphatic heterocycles. The molecular formula is C22H29N5OS. The first-order valence-electron chi connectivity index (χ1n) is 9.99. The molecule has 0 bridgehead atoms. The zero-order valence-corrected chi connectivity index (χ0v) is 18.9. The molecule has 1 aromatic carbocycles. The minimum Gasteiger partial charge on any atom is -0.353 e. The van der Waals surface area contributed by atoms with Crippen LogP contribution in [-0.4, -0.2) is 37.3 Å². The van der Waals surface area contributed by atoms with Gasteiger partial charge in [0.05, 0.1) is 5.75 Å². The molecule has 0 aliphatic carbocycles. The Kier molecular flexibility index (Phi) is 6.57. The van der Waals surface area contributed by atoms with Gasteiger partial charge in [-0.2, -0.15) is 4.98 Å². The Balaban J connectivity index is 1.83. The Bertz CT molecular complexity index is 1040. The molecule has 0 fully saturated rings. The van der Waals surface area contributed by atoms with Gasteiger partial charge in [0, 0.05) is 23.9 Å². The number of carbonyl (C=O) groups excluding carboxylic acids is 1. The average molecular weight is 412 g/mol. The van der Waals surface area contributed by atoms with Gasteiger partial charge in [0.15, 0.2) is 0 Å². The van der Waals surface area contributed by atoms with Crippen LogP contribution in [0.5, 0.6) is 0 Å². The van der Waals surface area contributed by atoms with Crippen molar-refractivity contribution in [3.05, 3.63) is 51.8 Å². The third kappa shape index (κ3) is 4.96. The molecule has 3 rings (SSSR count). The molecule has 2 heterocycles. The number of aryl methyl sites for hydroxylation is 4. The van der Waals surface area contributed by atoms with Crippen molar-refractivity contribution in [1.82, 2.24) is 24.9 Å². The van der Waals surface area contributed by atoms with Gasteiger partial charge >= 0.3 is 0 Å². The first-order valence-corrected chi connectivity index (χ1v) is 11.0. The van der Waals surface area contributed by atoms with E-state index in [0.717, 1.165) is 24.2 Å². The van der Waals surface area contributed by atoms with Crippen LogP contribution in [0.3, 0.4) is 0 Å². The second-order valence-corrected chi connectivity index (χ2v) is 8.58. The fourth-order valence-electron chi connectivity index (χ4n) is 3.24. The Labute approximate surface area is 176 Å². The van der Waals surface area contributed by atoms with Crippen molar-refractivity contribution in [2.24, 2.45) is 0 Å². The van der Waals surface area contributed by atoms with Crippen LogP contribution in [0, 0.1) is 27.7 Å². The Morgan fingerprint density at radius 2 is 1.97 bits per heavy atom. The molecule has 3 aromatic rings. The number of hydrogen-bond donors (Lipinski definition) is 1. The first-order chi connectivity index (χ1) is 13.8. The highest BCUT2D eigenvalue weighted by molar-refractivity contribution is 7.99. The maximum atomic E-state index is 12.0. The molecule has 0 spiro atoms. The summed E-state index contributed by atoms with van der Waals surface area (Å²) in [6, 6.07) is 6.71. The van der Waals surface area contributed by atoms with Crippen LogP contribution in [0.4, 0.5) is 0 Å². The number of aromatic nitrogens is 4. The monoisotopic (exact) mass is 411 g/mol. The lowest BCUT2D eigenvalue weighted by molar-refractivity contribution is -0.119. The van der Waals surface area contributed by atoms with E-state index in [1.54, 1.807) is 4.52 Å². The van der Waals surface area contributed by atoms with Crippen LogP contribution in [-0.2, 0) is 11.2 Å². The number of fused-ring (bicyclic) bond motifs is 1. The largest absolute Gasteiger partial charge is 0.353 e. The summed E-state index contributed by atoms with van der Waals surface area (Å²) in [7, 11) is 0. The van der Waals surface area contributed by atoms with E-state index in [0.29, 0.717) is 16.7 Å². The van der Waals surface area contributed by atoms with E-state index in [4.69, 9.17) is 0 Å². The maximum Gasteiger partial charge on any atom is 0.253 e. The third-order valence-corrected chi connectivity index (χ3v) is 6.09. The van der Waals surface area contributed by atoms with E-state index in [2.05, 4.69) is 59.4 Å². The SMILES string of the molecule is CC[C@H](C)NC(=O)CSc1nc2nc(C)c(Cc3cc(C)ccc3C)c(C)n2n1. The smallest absolute Gasteiger partial charge is 0.253 e. The molecular weight excluding hydrogens is 382 g/mol. The molecule has 2 aromatic heterocycles. The highest BCUT2D eigenvalue weighted by atomic mass is 32.2. The van der Waals surface area contributed by atoms with Gasteiger partial charge in [-0.25, -0.2) is 9.50 Å². The van der Waals surface area contributed by atoms with Crippen LogP contribution in [0.25, 0.3) is 5.78 Å². The molecule has 1 amide bonds. The standard InChI is InChI=1S/C22H29N5OS/c1-7-15(4)23-20(28)12-29-22-25-21-24-16(5)19(17(6)27(21)26-22)11-18-10-13(2)8-9-14(18)3/h8-10,15H,7,11-12H2,1-6H3,(H,23,28)/t15-/m0/s1. The molecule has 7 heteroatoms. The third-order valence-electron chi connectivity index (χ3n) is 5.25. The molecule has 154 valence electrons. The van der Waals surface area contributed by atoms with E-state index < -0.39 is 0 Å². The van der Waals surface area contributed by atoms with Gasteiger partial charge in [-0.15, -0.1) is 5.10 Å². The lowest BCUT2D eigenvalue weighted by Crippen LogP contribution is -2.33. The zero-order valence-electron chi connectivity index (χ0n) is 18.0. The van der Waals surface area contributed by atoms with Crippen molar-refractivity contribution >= 4 is 23.4 Å². The summed E-state index contributed by atoms with van der Waals surface area (Å²) in [6.45, 7) is 12.4. The van der Waals surface area contributed by atoms with Crippen molar-refractivity contribution in [3.8, 4) is 0 Å². The second kappa shape index (κ2) is 8.95. The number of hydrogen-bond acceptors (Lipinski definition) is 5. The number of amides is 1. The maximum absolute atomic E-state index is 12.0. The van der Waals surface area contributed by atoms with E-state index in [1.807, 2.05) is 20.8 Å². The topological polar surface area (TPSA) is 72.2 Å². The molecule has 0 saturated heterocycles. The number of nitrogens with one attached hydrogen (secondary N) is 1. The lowest BCUT2D eigenvalue weighted by atomic mass is 9.97. The normalized spacial score (nSPS) is 12.3. The van der Waals surface area contributed by atoms with Gasteiger partial charge in [0.25, 0.3) is 5.78 Å². The molecule has 0 saturated carbocycles. The van der Waals surface area contributed by atoms with Gasteiger partial charge in [-0.3, -0.25) is 4.79 Å². The summed E-state index contributed by atoms with van der Waals surface area (Å²) in [6.07, 6.45) is 1.72. The summed E-state index contributed by atoms with van der Waals surface area (Å²) in [5.41, 5.74) is 7.00. The summed E-state index contributed by atoms with van der Waals surface area (Å²) in [5.74, 6) is 0.878. The van der Waals surface area contributed by atoms with Crippen molar-refractivity contribution in [2.45, 2.75) is 65.6 Å². The number of carbonyl (C=O) groups is 1. The van der Waals surface area contributed by atoms with Gasteiger partial charge in [-0.1, -0.05) is 42.4 Å². The Morgan fingerprint density at radius 3 is 2.69 bits per heavy atom. The summed E-state index contributed by atoms with van der Waals surface area (Å²) in [4.78, 5) is 21.2. The fourth-order valence-corrected chi connectivity index (χ4v) is 3.87. The van der Waals surface area contributed by atoms with Crippen LogP contribution >= 0.6 is 11.8 Å². The first kappa shape index (κ1) is 21.3. The van der Waals surface area contributed by atoms with Crippen molar-refractivity contribution in [3.63, 3.8) is 0 Å². The molecule has 0 unspecified atom stereocenters. The van der Waals surface area contributed by atoms with E-state index in [1.165, 1.54) is 34.0 Å². The van der Waals surface area contributed by atoms with E-state index >= 15 is 0 Å². The molecule has 0 aliphatic rings. The zero-order chi connectivity index (χ0) is 21.1.